The largest absolute Gasteiger partial charge is 0.303 e. The van der Waals surface area contributed by atoms with Crippen LogP contribution in [0.4, 0.5) is 5.69 Å². The van der Waals surface area contributed by atoms with Gasteiger partial charge in [0.25, 0.3) is 0 Å². The van der Waals surface area contributed by atoms with E-state index in [2.05, 4.69) is 29.6 Å². The second-order valence-corrected chi connectivity index (χ2v) is 6.19. The first-order valence-corrected chi connectivity index (χ1v) is 8.08. The second-order valence-electron chi connectivity index (χ2n) is 5.75. The minimum absolute atomic E-state index is 0.732. The Bertz CT molecular complexity index is 441. The lowest BCUT2D eigenvalue weighted by molar-refractivity contribution is 0.269. The molecule has 0 saturated heterocycles. The van der Waals surface area contributed by atoms with Gasteiger partial charge in [0, 0.05) is 11.6 Å². The summed E-state index contributed by atoms with van der Waals surface area (Å²) in [4.78, 5) is 6.67. The highest BCUT2D eigenvalue weighted by atomic mass is 35.5. The summed E-state index contributed by atoms with van der Waals surface area (Å²) in [6.45, 7) is 9.43. The summed E-state index contributed by atoms with van der Waals surface area (Å²) < 4.78 is 0. The van der Waals surface area contributed by atoms with Crippen LogP contribution in [0.5, 0.6) is 0 Å². The molecule has 0 aromatic heterocycles. The smallest absolute Gasteiger partial charge is 0.0669 e. The SMILES string of the molecule is C=Nc1cc(Cl)ccc1CCN(CCC)CCC1CC1. The molecule has 0 unspecified atom stereocenters. The average Bonchev–Trinajstić information content (AvgIpc) is 3.27. The van der Waals surface area contributed by atoms with Crippen LogP contribution in [0, 0.1) is 5.92 Å². The maximum Gasteiger partial charge on any atom is 0.0669 e. The third-order valence-electron chi connectivity index (χ3n) is 4.01. The Morgan fingerprint density at radius 2 is 2.10 bits per heavy atom. The fourth-order valence-corrected chi connectivity index (χ4v) is 2.76. The molecule has 0 spiro atoms. The van der Waals surface area contributed by atoms with Gasteiger partial charge in [-0.3, -0.25) is 4.99 Å². The van der Waals surface area contributed by atoms with Gasteiger partial charge in [0.2, 0.25) is 0 Å². The van der Waals surface area contributed by atoms with Crippen molar-refractivity contribution >= 4 is 24.0 Å². The maximum atomic E-state index is 6.00. The van der Waals surface area contributed by atoms with Crippen molar-refractivity contribution in [1.82, 2.24) is 4.90 Å². The number of benzene rings is 1. The lowest BCUT2D eigenvalue weighted by Crippen LogP contribution is -2.28. The van der Waals surface area contributed by atoms with Gasteiger partial charge in [-0.2, -0.15) is 0 Å². The van der Waals surface area contributed by atoms with Gasteiger partial charge in [0.05, 0.1) is 5.69 Å². The van der Waals surface area contributed by atoms with E-state index in [1.807, 2.05) is 12.1 Å². The van der Waals surface area contributed by atoms with Crippen LogP contribution in [0.2, 0.25) is 5.02 Å². The van der Waals surface area contributed by atoms with Gasteiger partial charge < -0.3 is 4.90 Å². The highest BCUT2D eigenvalue weighted by Crippen LogP contribution is 2.32. The minimum atomic E-state index is 0.732. The number of halogens is 1. The maximum absolute atomic E-state index is 6.00. The van der Waals surface area contributed by atoms with Crippen LogP contribution in [0.1, 0.15) is 38.2 Å². The molecule has 1 aliphatic rings. The van der Waals surface area contributed by atoms with Crippen molar-refractivity contribution in [2.24, 2.45) is 10.9 Å². The van der Waals surface area contributed by atoms with Crippen molar-refractivity contribution < 1.29 is 0 Å². The van der Waals surface area contributed by atoms with Crippen LogP contribution in [0.25, 0.3) is 0 Å². The van der Waals surface area contributed by atoms with Crippen LogP contribution in [0.3, 0.4) is 0 Å². The molecule has 0 radical (unpaired) electrons. The third-order valence-corrected chi connectivity index (χ3v) is 4.24. The third kappa shape index (κ3) is 4.92. The van der Waals surface area contributed by atoms with Crippen LogP contribution in [0.15, 0.2) is 23.2 Å². The first kappa shape index (κ1) is 15.5. The summed E-state index contributed by atoms with van der Waals surface area (Å²) in [5, 5.41) is 0.732. The molecule has 20 heavy (non-hydrogen) atoms. The monoisotopic (exact) mass is 292 g/mol. The Hall–Kier alpha value is -0.860. The molecule has 0 heterocycles. The zero-order valence-corrected chi connectivity index (χ0v) is 13.2. The first-order valence-electron chi connectivity index (χ1n) is 7.70. The predicted molar refractivity (Wildman–Crippen MR) is 88.4 cm³/mol. The molecule has 2 nitrogen and oxygen atoms in total. The van der Waals surface area contributed by atoms with E-state index in [9.17, 15) is 0 Å². The van der Waals surface area contributed by atoms with Crippen LogP contribution >= 0.6 is 11.6 Å². The number of rotatable bonds is 9. The molecular weight excluding hydrogens is 268 g/mol. The van der Waals surface area contributed by atoms with Crippen molar-refractivity contribution in [3.05, 3.63) is 28.8 Å². The minimum Gasteiger partial charge on any atom is -0.303 e. The molecule has 110 valence electrons. The predicted octanol–water partition coefficient (Wildman–Crippen LogP) is 4.73. The summed E-state index contributed by atoms with van der Waals surface area (Å²) in [6, 6.07) is 5.93. The Kier molecular flexibility index (Phi) is 6.06. The van der Waals surface area contributed by atoms with Gasteiger partial charge in [0.1, 0.15) is 0 Å². The molecule has 1 aromatic rings. The number of nitrogens with zero attached hydrogens (tertiary/aromatic N) is 2. The van der Waals surface area contributed by atoms with Crippen LogP contribution in [-0.4, -0.2) is 31.3 Å². The standard InChI is InChI=1S/C17H25ClN2/c1-3-10-20(11-8-14-4-5-14)12-9-15-6-7-16(18)13-17(15)19-2/h6-7,13-14H,2-5,8-12H2,1H3. The molecule has 2 rings (SSSR count). The average molecular weight is 293 g/mol. The summed E-state index contributed by atoms with van der Waals surface area (Å²) in [7, 11) is 0. The fourth-order valence-electron chi connectivity index (χ4n) is 2.60. The molecule has 1 fully saturated rings. The summed E-state index contributed by atoms with van der Waals surface area (Å²) in [5.41, 5.74) is 2.17. The fraction of sp³-hybridized carbons (Fsp3) is 0.588. The molecule has 0 atom stereocenters. The van der Waals surface area contributed by atoms with E-state index < -0.39 is 0 Å². The normalized spacial score (nSPS) is 14.8. The highest BCUT2D eigenvalue weighted by molar-refractivity contribution is 6.30. The second kappa shape index (κ2) is 7.80. The zero-order valence-electron chi connectivity index (χ0n) is 12.4. The van der Waals surface area contributed by atoms with Gasteiger partial charge in [-0.05, 0) is 62.7 Å². The van der Waals surface area contributed by atoms with E-state index in [0.717, 1.165) is 29.6 Å². The lowest BCUT2D eigenvalue weighted by Gasteiger charge is -2.22. The summed E-state index contributed by atoms with van der Waals surface area (Å²) >= 11 is 6.00. The van der Waals surface area contributed by atoms with Gasteiger partial charge in [-0.25, -0.2) is 0 Å². The molecule has 1 saturated carbocycles. The number of hydrogen-bond acceptors (Lipinski definition) is 2. The molecule has 1 aromatic carbocycles. The summed E-state index contributed by atoms with van der Waals surface area (Å²) in [5.74, 6) is 1.01. The quantitative estimate of drug-likeness (QED) is 0.601. The van der Waals surface area contributed by atoms with E-state index in [4.69, 9.17) is 11.6 Å². The van der Waals surface area contributed by atoms with E-state index in [0.29, 0.717) is 0 Å². The van der Waals surface area contributed by atoms with Gasteiger partial charge in [-0.1, -0.05) is 37.4 Å². The Morgan fingerprint density at radius 1 is 1.30 bits per heavy atom. The van der Waals surface area contributed by atoms with Crippen LogP contribution in [-0.2, 0) is 6.42 Å². The number of aliphatic imine (C=N–C) groups is 1. The van der Waals surface area contributed by atoms with E-state index in [1.54, 1.807) is 0 Å². The number of hydrogen-bond donors (Lipinski definition) is 0. The molecule has 0 N–H and O–H groups in total. The van der Waals surface area contributed by atoms with Gasteiger partial charge >= 0.3 is 0 Å². The molecule has 0 amide bonds. The van der Waals surface area contributed by atoms with Crippen molar-refractivity contribution in [1.29, 1.82) is 0 Å². The molecule has 0 aliphatic heterocycles. The molecule has 0 bridgehead atoms. The van der Waals surface area contributed by atoms with E-state index >= 15 is 0 Å². The van der Waals surface area contributed by atoms with Crippen molar-refractivity contribution in [2.45, 2.75) is 39.0 Å². The van der Waals surface area contributed by atoms with Crippen molar-refractivity contribution in [3.63, 3.8) is 0 Å². The Morgan fingerprint density at radius 3 is 2.75 bits per heavy atom. The van der Waals surface area contributed by atoms with Gasteiger partial charge in [-0.15, -0.1) is 0 Å². The van der Waals surface area contributed by atoms with E-state index in [-0.39, 0.29) is 0 Å². The van der Waals surface area contributed by atoms with E-state index in [1.165, 1.54) is 44.3 Å². The first-order chi connectivity index (χ1) is 9.72. The Balaban J connectivity index is 1.88. The van der Waals surface area contributed by atoms with Crippen LogP contribution < -0.4 is 0 Å². The zero-order chi connectivity index (χ0) is 14.4. The topological polar surface area (TPSA) is 15.6 Å². The lowest BCUT2D eigenvalue weighted by atomic mass is 10.1. The summed E-state index contributed by atoms with van der Waals surface area (Å²) in [6.07, 6.45) is 6.50. The molecule has 3 heteroatoms. The molecular formula is C17H25ClN2. The van der Waals surface area contributed by atoms with Crippen molar-refractivity contribution in [3.8, 4) is 0 Å². The van der Waals surface area contributed by atoms with Gasteiger partial charge in [0.15, 0.2) is 0 Å². The Labute approximate surface area is 127 Å². The van der Waals surface area contributed by atoms with Crippen molar-refractivity contribution in [2.75, 3.05) is 19.6 Å². The highest BCUT2D eigenvalue weighted by Gasteiger charge is 2.21. The molecule has 1 aliphatic carbocycles.